The summed E-state index contributed by atoms with van der Waals surface area (Å²) in [5.41, 5.74) is 14.7. The van der Waals surface area contributed by atoms with Gasteiger partial charge in [0.25, 0.3) is 6.71 Å². The molecule has 2 aromatic heterocycles. The quantitative estimate of drug-likeness (QED) is 0.170. The lowest BCUT2D eigenvalue weighted by atomic mass is 9.34. The van der Waals surface area contributed by atoms with Crippen LogP contribution in [0.15, 0.2) is 182 Å². The molecule has 0 spiro atoms. The molecule has 53 heavy (non-hydrogen) atoms. The highest BCUT2D eigenvalue weighted by molar-refractivity contribution is 7.26. The van der Waals surface area contributed by atoms with Crippen molar-refractivity contribution in [1.29, 1.82) is 0 Å². The molecular formula is C48H30BN3S. The molecule has 0 radical (unpaired) electrons. The van der Waals surface area contributed by atoms with Gasteiger partial charge in [-0.1, -0.05) is 109 Å². The van der Waals surface area contributed by atoms with Crippen molar-refractivity contribution in [3.63, 3.8) is 0 Å². The molecule has 246 valence electrons. The zero-order chi connectivity index (χ0) is 34.6. The van der Waals surface area contributed by atoms with Gasteiger partial charge in [0.2, 0.25) is 0 Å². The van der Waals surface area contributed by atoms with E-state index in [0.29, 0.717) is 0 Å². The van der Waals surface area contributed by atoms with E-state index in [-0.39, 0.29) is 6.71 Å². The van der Waals surface area contributed by atoms with Crippen LogP contribution in [0.25, 0.3) is 47.7 Å². The molecule has 2 aliphatic rings. The van der Waals surface area contributed by atoms with E-state index in [9.17, 15) is 0 Å². The third kappa shape index (κ3) is 4.00. The molecule has 4 heterocycles. The van der Waals surface area contributed by atoms with Crippen molar-refractivity contribution in [3.05, 3.63) is 182 Å². The number of aromatic nitrogens is 1. The molecule has 0 atom stereocenters. The maximum Gasteiger partial charge on any atom is 0.252 e. The minimum atomic E-state index is 0.0716. The Kier molecular flexibility index (Phi) is 6.02. The third-order valence-electron chi connectivity index (χ3n) is 11.3. The Bertz CT molecular complexity index is 3040. The molecule has 0 bridgehead atoms. The van der Waals surface area contributed by atoms with Crippen LogP contribution in [0.4, 0.5) is 34.1 Å². The van der Waals surface area contributed by atoms with Gasteiger partial charge in [-0.25, -0.2) is 0 Å². The van der Waals surface area contributed by atoms with Crippen LogP contribution in [0.2, 0.25) is 0 Å². The molecule has 10 aromatic rings. The maximum atomic E-state index is 2.59. The van der Waals surface area contributed by atoms with E-state index in [0.717, 1.165) is 22.7 Å². The van der Waals surface area contributed by atoms with Crippen LogP contribution in [0.1, 0.15) is 0 Å². The minimum Gasteiger partial charge on any atom is -0.311 e. The van der Waals surface area contributed by atoms with Gasteiger partial charge >= 0.3 is 0 Å². The zero-order valence-corrected chi connectivity index (χ0v) is 29.5. The van der Waals surface area contributed by atoms with Crippen LogP contribution in [0.3, 0.4) is 0 Å². The Morgan fingerprint density at radius 1 is 0.453 bits per heavy atom. The summed E-state index contributed by atoms with van der Waals surface area (Å²) in [6.07, 6.45) is 0. The van der Waals surface area contributed by atoms with Crippen LogP contribution >= 0.6 is 11.3 Å². The number of rotatable bonds is 4. The van der Waals surface area contributed by atoms with Gasteiger partial charge in [0.05, 0.1) is 11.2 Å². The number of fused-ring (bicyclic) bond motifs is 11. The van der Waals surface area contributed by atoms with Gasteiger partial charge in [-0.05, 0) is 89.2 Å². The minimum absolute atomic E-state index is 0.0716. The van der Waals surface area contributed by atoms with E-state index in [1.807, 2.05) is 11.3 Å². The fourth-order valence-corrected chi connectivity index (χ4v) is 10.4. The van der Waals surface area contributed by atoms with Crippen molar-refractivity contribution in [1.82, 2.24) is 4.57 Å². The lowest BCUT2D eigenvalue weighted by Crippen LogP contribution is -2.60. The predicted octanol–water partition coefficient (Wildman–Crippen LogP) is 11.2. The number of hydrogen-bond donors (Lipinski definition) is 0. The van der Waals surface area contributed by atoms with E-state index < -0.39 is 0 Å². The lowest BCUT2D eigenvalue weighted by molar-refractivity contribution is 1.16. The normalized spacial score (nSPS) is 12.8. The van der Waals surface area contributed by atoms with E-state index in [4.69, 9.17) is 0 Å². The maximum absolute atomic E-state index is 2.59. The molecule has 0 amide bonds. The average Bonchev–Trinajstić information content (AvgIpc) is 3.77. The molecule has 12 rings (SSSR count). The highest BCUT2D eigenvalue weighted by Gasteiger charge is 2.42. The van der Waals surface area contributed by atoms with Crippen LogP contribution < -0.4 is 26.2 Å². The first-order valence-corrected chi connectivity index (χ1v) is 19.0. The Morgan fingerprint density at radius 2 is 1.09 bits per heavy atom. The van der Waals surface area contributed by atoms with Crippen molar-refractivity contribution in [2.75, 3.05) is 9.80 Å². The zero-order valence-electron chi connectivity index (χ0n) is 28.6. The predicted molar refractivity (Wildman–Crippen MR) is 228 cm³/mol. The van der Waals surface area contributed by atoms with Crippen LogP contribution in [0.5, 0.6) is 0 Å². The molecular weight excluding hydrogens is 661 g/mol. The summed E-state index contributed by atoms with van der Waals surface area (Å²) >= 11 is 1.89. The summed E-state index contributed by atoms with van der Waals surface area (Å²) in [6.45, 7) is 0.0716. The van der Waals surface area contributed by atoms with Crippen LogP contribution in [-0.2, 0) is 0 Å². The van der Waals surface area contributed by atoms with Gasteiger partial charge in [0.15, 0.2) is 0 Å². The second-order valence-corrected chi connectivity index (χ2v) is 15.2. The summed E-state index contributed by atoms with van der Waals surface area (Å²) < 4.78 is 5.25. The first-order valence-electron chi connectivity index (χ1n) is 18.2. The van der Waals surface area contributed by atoms with E-state index in [2.05, 4.69) is 196 Å². The summed E-state index contributed by atoms with van der Waals surface area (Å²) in [4.78, 5) is 4.90. The molecule has 5 heteroatoms. The summed E-state index contributed by atoms with van der Waals surface area (Å²) in [7, 11) is 0. The van der Waals surface area contributed by atoms with E-state index in [1.54, 1.807) is 0 Å². The molecule has 0 N–H and O–H groups in total. The molecule has 0 unspecified atom stereocenters. The molecule has 0 aliphatic carbocycles. The third-order valence-corrected chi connectivity index (χ3v) is 12.5. The molecule has 8 aromatic carbocycles. The number of thiophene rings is 1. The second kappa shape index (κ2) is 11.0. The number of anilines is 6. The van der Waals surface area contributed by atoms with Gasteiger partial charge in [0.1, 0.15) is 0 Å². The standard InChI is InChI=1S/C48H30BN3S/c1-4-15-31(16-5-1)50(32-17-6-2-7-18-32)34-29-41-47-42(30-34)52-40-27-28-44-46(35-21-10-13-26-43(35)53-44)45(40)36-22-14-24-38(48(36)52)49(47)37-23-11-12-25-39(37)51(41)33-19-8-3-9-20-33/h1-30H. The molecule has 0 saturated heterocycles. The number of benzene rings is 8. The number of nitrogens with zero attached hydrogens (tertiary/aromatic N) is 3. The molecule has 0 fully saturated rings. The van der Waals surface area contributed by atoms with Gasteiger partial charge in [0, 0.05) is 70.6 Å². The largest absolute Gasteiger partial charge is 0.311 e. The summed E-state index contributed by atoms with van der Waals surface area (Å²) in [5, 5.41) is 5.34. The number of hydrogen-bond acceptors (Lipinski definition) is 3. The SMILES string of the molecule is c1ccc(N(c2ccccc2)c2cc3c4c(c2)-n2c5ccc6sc7ccccc7c6c5c5cccc(c52)B4c2ccccc2N3c2ccccc2)cc1. The highest BCUT2D eigenvalue weighted by atomic mass is 32.1. The van der Waals surface area contributed by atoms with Crippen LogP contribution in [-0.4, -0.2) is 11.3 Å². The van der Waals surface area contributed by atoms with Crippen molar-refractivity contribution >= 4 is 111 Å². The second-order valence-electron chi connectivity index (χ2n) is 14.1. The fraction of sp³-hybridized carbons (Fsp3) is 0. The fourth-order valence-electron chi connectivity index (χ4n) is 9.28. The first-order chi connectivity index (χ1) is 26.3. The molecule has 0 saturated carbocycles. The van der Waals surface area contributed by atoms with Gasteiger partial charge in [-0.15, -0.1) is 11.3 Å². The van der Waals surface area contributed by atoms with Crippen molar-refractivity contribution in [3.8, 4) is 5.69 Å². The van der Waals surface area contributed by atoms with Crippen molar-refractivity contribution in [2.24, 2.45) is 0 Å². The monoisotopic (exact) mass is 691 g/mol. The Balaban J connectivity index is 1.27. The van der Waals surface area contributed by atoms with Crippen molar-refractivity contribution in [2.45, 2.75) is 0 Å². The smallest absolute Gasteiger partial charge is 0.252 e. The average molecular weight is 692 g/mol. The van der Waals surface area contributed by atoms with Gasteiger partial charge < -0.3 is 14.4 Å². The van der Waals surface area contributed by atoms with Gasteiger partial charge in [-0.2, -0.15) is 0 Å². The first kappa shape index (κ1) is 29.1. The lowest BCUT2D eigenvalue weighted by Gasteiger charge is -2.41. The molecule has 2 aliphatic heterocycles. The van der Waals surface area contributed by atoms with Gasteiger partial charge in [-0.3, -0.25) is 0 Å². The van der Waals surface area contributed by atoms with E-state index >= 15 is 0 Å². The highest BCUT2D eigenvalue weighted by Crippen LogP contribution is 2.47. The van der Waals surface area contributed by atoms with E-state index in [1.165, 1.54) is 75.4 Å². The summed E-state index contributed by atoms with van der Waals surface area (Å²) in [5.74, 6) is 0. The summed E-state index contributed by atoms with van der Waals surface area (Å²) in [6, 6.07) is 67.0. The van der Waals surface area contributed by atoms with Crippen molar-refractivity contribution < 1.29 is 0 Å². The Labute approximate surface area is 311 Å². The Hall–Kier alpha value is -6.56. The van der Waals surface area contributed by atoms with Crippen LogP contribution in [0, 0.1) is 0 Å². The topological polar surface area (TPSA) is 11.4 Å². The molecule has 3 nitrogen and oxygen atoms in total. The Morgan fingerprint density at radius 3 is 1.89 bits per heavy atom. The number of para-hydroxylation sites is 5.